The molecule has 2 fully saturated rings. The van der Waals surface area contributed by atoms with Crippen molar-refractivity contribution in [3.8, 4) is 0 Å². The van der Waals surface area contributed by atoms with Gasteiger partial charge in [-0.15, -0.1) is 0 Å². The lowest BCUT2D eigenvalue weighted by Gasteiger charge is -2.35. The highest BCUT2D eigenvalue weighted by molar-refractivity contribution is 4.86. The molecule has 1 aliphatic carbocycles. The molecule has 1 atom stereocenters. The summed E-state index contributed by atoms with van der Waals surface area (Å²) in [5.74, 6) is 0. The molecule has 0 amide bonds. The summed E-state index contributed by atoms with van der Waals surface area (Å²) in [4.78, 5) is 0. The van der Waals surface area contributed by atoms with Crippen LogP contribution >= 0.6 is 0 Å². The van der Waals surface area contributed by atoms with Crippen LogP contribution in [0.25, 0.3) is 0 Å². The molecule has 1 saturated heterocycles. The third-order valence-corrected chi connectivity index (χ3v) is 3.35. The van der Waals surface area contributed by atoms with Crippen LogP contribution in [0.5, 0.6) is 0 Å². The van der Waals surface area contributed by atoms with Gasteiger partial charge in [-0.2, -0.15) is 0 Å². The highest BCUT2D eigenvalue weighted by Gasteiger charge is 2.28. The molecule has 1 heterocycles. The number of nitrogens with one attached hydrogen (secondary N) is 2. The topological polar surface area (TPSA) is 42.5 Å². The van der Waals surface area contributed by atoms with E-state index in [0.717, 1.165) is 32.7 Å². The second kappa shape index (κ2) is 5.80. The van der Waals surface area contributed by atoms with E-state index >= 15 is 0 Å². The van der Waals surface area contributed by atoms with Gasteiger partial charge in [0, 0.05) is 25.7 Å². The first-order valence-electron chi connectivity index (χ1n) is 5.96. The van der Waals surface area contributed by atoms with Gasteiger partial charge in [0.15, 0.2) is 0 Å². The Hall–Kier alpha value is -0.160. The van der Waals surface area contributed by atoms with Crippen LogP contribution in [0.1, 0.15) is 19.3 Å². The number of hydrogen-bond donors (Lipinski definition) is 2. The van der Waals surface area contributed by atoms with Crippen LogP contribution in [0.3, 0.4) is 0 Å². The first kappa shape index (κ1) is 11.3. The first-order valence-corrected chi connectivity index (χ1v) is 5.96. The van der Waals surface area contributed by atoms with Crippen molar-refractivity contribution in [3.05, 3.63) is 0 Å². The van der Waals surface area contributed by atoms with E-state index in [1.165, 1.54) is 12.8 Å². The summed E-state index contributed by atoms with van der Waals surface area (Å²) in [6.07, 6.45) is 4.00. The molecule has 4 nitrogen and oxygen atoms in total. The molecular formula is C11H22N2O2. The molecule has 88 valence electrons. The van der Waals surface area contributed by atoms with Crippen molar-refractivity contribution >= 4 is 0 Å². The summed E-state index contributed by atoms with van der Waals surface area (Å²) >= 11 is 0. The molecule has 0 bridgehead atoms. The van der Waals surface area contributed by atoms with E-state index in [-0.39, 0.29) is 0 Å². The SMILES string of the molecule is COC1CC(NCCC2COCCN2)C1. The number of methoxy groups -OCH3 is 1. The van der Waals surface area contributed by atoms with Crippen LogP contribution in [0.15, 0.2) is 0 Å². The second-order valence-electron chi connectivity index (χ2n) is 4.49. The van der Waals surface area contributed by atoms with Gasteiger partial charge in [-0.05, 0) is 25.8 Å². The van der Waals surface area contributed by atoms with E-state index in [4.69, 9.17) is 9.47 Å². The van der Waals surface area contributed by atoms with Gasteiger partial charge in [0.1, 0.15) is 0 Å². The lowest BCUT2D eigenvalue weighted by atomic mass is 9.89. The van der Waals surface area contributed by atoms with Crippen LogP contribution in [0.2, 0.25) is 0 Å². The van der Waals surface area contributed by atoms with Gasteiger partial charge in [0.2, 0.25) is 0 Å². The van der Waals surface area contributed by atoms with E-state index in [1.807, 2.05) is 0 Å². The molecule has 1 aliphatic heterocycles. The molecule has 1 saturated carbocycles. The molecule has 0 radical (unpaired) electrons. The average molecular weight is 214 g/mol. The monoisotopic (exact) mass is 214 g/mol. The maximum Gasteiger partial charge on any atom is 0.0620 e. The third kappa shape index (κ3) is 3.41. The van der Waals surface area contributed by atoms with Crippen molar-refractivity contribution in [3.63, 3.8) is 0 Å². The van der Waals surface area contributed by atoms with Crippen LogP contribution in [0, 0.1) is 0 Å². The highest BCUT2D eigenvalue weighted by atomic mass is 16.5. The van der Waals surface area contributed by atoms with Crippen LogP contribution in [0.4, 0.5) is 0 Å². The van der Waals surface area contributed by atoms with Crippen molar-refractivity contribution in [2.75, 3.05) is 33.4 Å². The van der Waals surface area contributed by atoms with Gasteiger partial charge in [-0.1, -0.05) is 0 Å². The molecule has 0 aromatic heterocycles. The largest absolute Gasteiger partial charge is 0.381 e. The molecule has 15 heavy (non-hydrogen) atoms. The van der Waals surface area contributed by atoms with Gasteiger partial charge in [-0.3, -0.25) is 0 Å². The van der Waals surface area contributed by atoms with E-state index in [2.05, 4.69) is 10.6 Å². The molecule has 0 aromatic carbocycles. The van der Waals surface area contributed by atoms with Crippen LogP contribution < -0.4 is 10.6 Å². The van der Waals surface area contributed by atoms with E-state index < -0.39 is 0 Å². The molecule has 2 rings (SSSR count). The Kier molecular flexibility index (Phi) is 4.38. The Labute approximate surface area is 91.7 Å². The molecule has 1 unspecified atom stereocenters. The Balaban J connectivity index is 1.48. The maximum absolute atomic E-state index is 5.40. The molecule has 2 aliphatic rings. The number of ether oxygens (including phenoxy) is 2. The highest BCUT2D eigenvalue weighted by Crippen LogP contribution is 2.22. The Morgan fingerprint density at radius 3 is 3.00 bits per heavy atom. The van der Waals surface area contributed by atoms with Crippen molar-refractivity contribution in [2.45, 2.75) is 37.5 Å². The van der Waals surface area contributed by atoms with Crippen molar-refractivity contribution < 1.29 is 9.47 Å². The first-order chi connectivity index (χ1) is 7.38. The smallest absolute Gasteiger partial charge is 0.0620 e. The fourth-order valence-corrected chi connectivity index (χ4v) is 2.19. The van der Waals surface area contributed by atoms with Gasteiger partial charge in [-0.25, -0.2) is 0 Å². The quantitative estimate of drug-likeness (QED) is 0.683. The number of hydrogen-bond acceptors (Lipinski definition) is 4. The lowest BCUT2D eigenvalue weighted by Crippen LogP contribution is -2.48. The fourth-order valence-electron chi connectivity index (χ4n) is 2.19. The zero-order chi connectivity index (χ0) is 10.5. The lowest BCUT2D eigenvalue weighted by molar-refractivity contribution is 0.0165. The second-order valence-corrected chi connectivity index (χ2v) is 4.49. The predicted octanol–water partition coefficient (Wildman–Crippen LogP) is 0.132. The fraction of sp³-hybridized carbons (Fsp3) is 1.00. The maximum atomic E-state index is 5.40. The van der Waals surface area contributed by atoms with E-state index in [9.17, 15) is 0 Å². The molecular weight excluding hydrogens is 192 g/mol. The minimum atomic E-state index is 0.499. The summed E-state index contributed by atoms with van der Waals surface area (Å²) in [7, 11) is 1.80. The Bertz CT molecular complexity index is 177. The molecule has 0 spiro atoms. The Morgan fingerprint density at radius 1 is 1.47 bits per heavy atom. The van der Waals surface area contributed by atoms with Crippen molar-refractivity contribution in [1.29, 1.82) is 0 Å². The summed E-state index contributed by atoms with van der Waals surface area (Å²) < 4.78 is 10.6. The van der Waals surface area contributed by atoms with Gasteiger partial charge in [0.25, 0.3) is 0 Å². The summed E-state index contributed by atoms with van der Waals surface area (Å²) in [5.41, 5.74) is 0. The van der Waals surface area contributed by atoms with Crippen LogP contribution in [-0.2, 0) is 9.47 Å². The van der Waals surface area contributed by atoms with Gasteiger partial charge in [0.05, 0.1) is 19.3 Å². The minimum Gasteiger partial charge on any atom is -0.381 e. The predicted molar refractivity (Wildman–Crippen MR) is 59.0 cm³/mol. The minimum absolute atomic E-state index is 0.499. The molecule has 4 heteroatoms. The van der Waals surface area contributed by atoms with Gasteiger partial charge < -0.3 is 20.1 Å². The third-order valence-electron chi connectivity index (χ3n) is 3.35. The van der Waals surface area contributed by atoms with Crippen LogP contribution in [-0.4, -0.2) is 51.6 Å². The number of morpholine rings is 1. The molecule has 2 N–H and O–H groups in total. The standard InChI is InChI=1S/C11H22N2O2/c1-14-11-6-10(7-11)12-3-2-9-8-15-5-4-13-9/h9-13H,2-8H2,1H3. The van der Waals surface area contributed by atoms with E-state index in [0.29, 0.717) is 18.2 Å². The Morgan fingerprint density at radius 2 is 2.33 bits per heavy atom. The zero-order valence-corrected chi connectivity index (χ0v) is 9.50. The normalized spacial score (nSPS) is 36.2. The van der Waals surface area contributed by atoms with Gasteiger partial charge >= 0.3 is 0 Å². The van der Waals surface area contributed by atoms with Crippen molar-refractivity contribution in [2.24, 2.45) is 0 Å². The summed E-state index contributed by atoms with van der Waals surface area (Å²) in [6, 6.07) is 1.23. The average Bonchev–Trinajstić information content (AvgIpc) is 2.23. The molecule has 0 aromatic rings. The summed E-state index contributed by atoms with van der Waals surface area (Å²) in [5, 5.41) is 7.01. The zero-order valence-electron chi connectivity index (χ0n) is 9.50. The van der Waals surface area contributed by atoms with Crippen molar-refractivity contribution in [1.82, 2.24) is 10.6 Å². The number of rotatable bonds is 5. The summed E-state index contributed by atoms with van der Waals surface area (Å²) in [6.45, 7) is 3.82. The van der Waals surface area contributed by atoms with E-state index in [1.54, 1.807) is 7.11 Å².